The molecule has 0 aromatic heterocycles. The molecule has 2 atom stereocenters. The predicted molar refractivity (Wildman–Crippen MR) is 82.5 cm³/mol. The molecule has 8 heteroatoms. The number of cyclic esters (lactones) is 1. The second-order valence-electron chi connectivity index (χ2n) is 6.07. The molecule has 1 aromatic carbocycles. The summed E-state index contributed by atoms with van der Waals surface area (Å²) in [5.74, 6) is -2.20. The summed E-state index contributed by atoms with van der Waals surface area (Å²) in [4.78, 5) is 23.4. The van der Waals surface area contributed by atoms with E-state index in [0.717, 1.165) is 31.7 Å². The minimum Gasteiger partial charge on any atom is -0.434 e. The fourth-order valence-corrected chi connectivity index (χ4v) is 3.47. The molecule has 2 fully saturated rings. The standard InChI is InChI=1S/C16H17ClF2N2O3/c17-12-10(18)6-5-9(13(12)19)14(8-3-1-2-4-8)21-15(22)11-7-20-16(23)24-11/h5-6,8,11,14H,1-4,7H2,(H,20,23)(H,21,22). The van der Waals surface area contributed by atoms with E-state index in [9.17, 15) is 18.4 Å². The molecule has 2 unspecified atom stereocenters. The van der Waals surface area contributed by atoms with Crippen LogP contribution < -0.4 is 10.6 Å². The van der Waals surface area contributed by atoms with Crippen LogP contribution in [0, 0.1) is 17.6 Å². The van der Waals surface area contributed by atoms with Gasteiger partial charge in [0, 0.05) is 5.56 Å². The summed E-state index contributed by atoms with van der Waals surface area (Å²) in [7, 11) is 0. The highest BCUT2D eigenvalue weighted by Gasteiger charge is 2.35. The lowest BCUT2D eigenvalue weighted by Crippen LogP contribution is -2.41. The van der Waals surface area contributed by atoms with Gasteiger partial charge in [-0.15, -0.1) is 0 Å². The van der Waals surface area contributed by atoms with E-state index in [1.165, 1.54) is 6.07 Å². The van der Waals surface area contributed by atoms with Crippen molar-refractivity contribution < 1.29 is 23.1 Å². The van der Waals surface area contributed by atoms with Crippen LogP contribution in [0.25, 0.3) is 0 Å². The number of carbonyl (C=O) groups is 2. The van der Waals surface area contributed by atoms with Gasteiger partial charge in [-0.3, -0.25) is 4.79 Å². The lowest BCUT2D eigenvalue weighted by Gasteiger charge is -2.26. The largest absolute Gasteiger partial charge is 0.434 e. The first-order valence-electron chi connectivity index (χ1n) is 7.85. The molecule has 1 saturated carbocycles. The van der Waals surface area contributed by atoms with Crippen LogP contribution in [0.5, 0.6) is 0 Å². The van der Waals surface area contributed by atoms with E-state index in [-0.39, 0.29) is 18.0 Å². The Hall–Kier alpha value is -1.89. The molecule has 3 rings (SSSR count). The number of carbonyl (C=O) groups excluding carboxylic acids is 2. The maximum absolute atomic E-state index is 14.4. The van der Waals surface area contributed by atoms with Crippen LogP contribution in [0.4, 0.5) is 13.6 Å². The van der Waals surface area contributed by atoms with Gasteiger partial charge < -0.3 is 15.4 Å². The maximum Gasteiger partial charge on any atom is 0.408 e. The SMILES string of the molecule is O=C1NCC(C(=O)NC(c2ccc(F)c(Cl)c2F)C2CCCC2)O1. The van der Waals surface area contributed by atoms with Crippen LogP contribution in [0.3, 0.4) is 0 Å². The number of alkyl carbamates (subject to hydrolysis) is 1. The molecule has 2 amide bonds. The molecular weight excluding hydrogens is 342 g/mol. The van der Waals surface area contributed by atoms with Crippen molar-refractivity contribution in [3.05, 3.63) is 34.4 Å². The number of ether oxygens (including phenoxy) is 1. The van der Waals surface area contributed by atoms with Gasteiger partial charge in [0.25, 0.3) is 5.91 Å². The molecule has 1 heterocycles. The Morgan fingerprint density at radius 2 is 2.04 bits per heavy atom. The maximum atomic E-state index is 14.4. The third kappa shape index (κ3) is 3.31. The Kier molecular flexibility index (Phi) is 4.89. The number of benzene rings is 1. The molecule has 2 aliphatic rings. The van der Waals surface area contributed by atoms with E-state index in [1.54, 1.807) is 0 Å². The van der Waals surface area contributed by atoms with Crippen LogP contribution in [0.2, 0.25) is 5.02 Å². The van der Waals surface area contributed by atoms with E-state index < -0.39 is 40.8 Å². The summed E-state index contributed by atoms with van der Waals surface area (Å²) < 4.78 is 32.7. The third-order valence-corrected chi connectivity index (χ3v) is 4.89. The molecule has 1 aromatic rings. The second kappa shape index (κ2) is 6.93. The number of halogens is 3. The molecule has 5 nitrogen and oxygen atoms in total. The Labute approximate surface area is 142 Å². The minimum absolute atomic E-state index is 0.0232. The summed E-state index contributed by atoms with van der Waals surface area (Å²) in [6, 6.07) is 1.75. The van der Waals surface area contributed by atoms with E-state index >= 15 is 0 Å². The summed E-state index contributed by atoms with van der Waals surface area (Å²) >= 11 is 5.67. The first-order valence-corrected chi connectivity index (χ1v) is 8.23. The highest BCUT2D eigenvalue weighted by molar-refractivity contribution is 6.31. The summed E-state index contributed by atoms with van der Waals surface area (Å²) in [5, 5.41) is 4.56. The van der Waals surface area contributed by atoms with Crippen molar-refractivity contribution in [2.75, 3.05) is 6.54 Å². The van der Waals surface area contributed by atoms with Crippen molar-refractivity contribution in [2.24, 2.45) is 5.92 Å². The van der Waals surface area contributed by atoms with Gasteiger partial charge >= 0.3 is 6.09 Å². The van der Waals surface area contributed by atoms with Crippen molar-refractivity contribution in [3.63, 3.8) is 0 Å². The van der Waals surface area contributed by atoms with Crippen LogP contribution in [0.1, 0.15) is 37.3 Å². The van der Waals surface area contributed by atoms with Crippen LogP contribution >= 0.6 is 11.6 Å². The first-order chi connectivity index (χ1) is 11.5. The van der Waals surface area contributed by atoms with Gasteiger partial charge in [0.2, 0.25) is 0 Å². The molecule has 0 radical (unpaired) electrons. The molecule has 1 aliphatic heterocycles. The number of hydrogen-bond acceptors (Lipinski definition) is 3. The zero-order valence-corrected chi connectivity index (χ0v) is 13.5. The van der Waals surface area contributed by atoms with Gasteiger partial charge in [-0.2, -0.15) is 0 Å². The van der Waals surface area contributed by atoms with Gasteiger partial charge in [-0.1, -0.05) is 30.5 Å². The minimum atomic E-state index is -0.958. The highest BCUT2D eigenvalue weighted by Crippen LogP contribution is 2.38. The van der Waals surface area contributed by atoms with Crippen molar-refractivity contribution >= 4 is 23.6 Å². The van der Waals surface area contributed by atoms with Gasteiger partial charge in [0.15, 0.2) is 6.10 Å². The Balaban J connectivity index is 1.85. The molecule has 1 aliphatic carbocycles. The van der Waals surface area contributed by atoms with E-state index in [4.69, 9.17) is 16.3 Å². The zero-order chi connectivity index (χ0) is 17.3. The van der Waals surface area contributed by atoms with Gasteiger partial charge in [-0.05, 0) is 24.8 Å². The van der Waals surface area contributed by atoms with Crippen molar-refractivity contribution in [1.29, 1.82) is 0 Å². The smallest absolute Gasteiger partial charge is 0.408 e. The van der Waals surface area contributed by atoms with Crippen LogP contribution in [-0.4, -0.2) is 24.6 Å². The normalized spacial score (nSPS) is 22.1. The fourth-order valence-electron chi connectivity index (χ4n) is 3.30. The van der Waals surface area contributed by atoms with Crippen molar-refractivity contribution in [2.45, 2.75) is 37.8 Å². The van der Waals surface area contributed by atoms with E-state index in [2.05, 4.69) is 10.6 Å². The quantitative estimate of drug-likeness (QED) is 0.813. The van der Waals surface area contributed by atoms with E-state index in [1.807, 2.05) is 0 Å². The molecule has 130 valence electrons. The first kappa shape index (κ1) is 17.0. The molecule has 1 saturated heterocycles. The van der Waals surface area contributed by atoms with Crippen molar-refractivity contribution in [1.82, 2.24) is 10.6 Å². The topological polar surface area (TPSA) is 67.4 Å². The fraction of sp³-hybridized carbons (Fsp3) is 0.500. The van der Waals surface area contributed by atoms with Crippen LogP contribution in [0.15, 0.2) is 12.1 Å². The number of rotatable bonds is 4. The zero-order valence-electron chi connectivity index (χ0n) is 12.8. The number of hydrogen-bond donors (Lipinski definition) is 2. The second-order valence-corrected chi connectivity index (χ2v) is 6.45. The monoisotopic (exact) mass is 358 g/mol. The summed E-state index contributed by atoms with van der Waals surface area (Å²) in [6.45, 7) is 0.0642. The number of nitrogens with one attached hydrogen (secondary N) is 2. The lowest BCUT2D eigenvalue weighted by atomic mass is 9.91. The summed E-state index contributed by atoms with van der Waals surface area (Å²) in [6.07, 6.45) is 1.98. The van der Waals surface area contributed by atoms with E-state index in [0.29, 0.717) is 0 Å². The van der Waals surface area contributed by atoms with Crippen molar-refractivity contribution in [3.8, 4) is 0 Å². The van der Waals surface area contributed by atoms with Crippen LogP contribution in [-0.2, 0) is 9.53 Å². The van der Waals surface area contributed by atoms with Gasteiger partial charge in [-0.25, -0.2) is 13.6 Å². The van der Waals surface area contributed by atoms with Gasteiger partial charge in [0.1, 0.15) is 16.7 Å². The lowest BCUT2D eigenvalue weighted by molar-refractivity contribution is -0.128. The molecule has 2 N–H and O–H groups in total. The molecule has 24 heavy (non-hydrogen) atoms. The molecule has 0 spiro atoms. The Morgan fingerprint density at radius 3 is 2.67 bits per heavy atom. The molecule has 0 bridgehead atoms. The number of amides is 2. The third-order valence-electron chi connectivity index (χ3n) is 4.54. The average Bonchev–Trinajstić information content (AvgIpc) is 3.22. The Bertz CT molecular complexity index is 665. The predicted octanol–water partition coefficient (Wildman–Crippen LogP) is 3.07. The highest BCUT2D eigenvalue weighted by atomic mass is 35.5. The Morgan fingerprint density at radius 1 is 1.33 bits per heavy atom. The summed E-state index contributed by atoms with van der Waals surface area (Å²) in [5.41, 5.74) is 0.152. The average molecular weight is 359 g/mol. The van der Waals surface area contributed by atoms with Gasteiger partial charge in [0.05, 0.1) is 12.6 Å². The molecular formula is C16H17ClF2N2O3.